The van der Waals surface area contributed by atoms with E-state index < -0.39 is 6.04 Å². The number of likely N-dealkylation sites (N-methyl/N-ethyl adjacent to an activating group) is 1. The highest BCUT2D eigenvalue weighted by Gasteiger charge is 2.23. The fourth-order valence-corrected chi connectivity index (χ4v) is 2.56. The Hall–Kier alpha value is -1.39. The number of rotatable bonds is 6. The van der Waals surface area contributed by atoms with Crippen molar-refractivity contribution in [2.75, 3.05) is 20.2 Å². The molecule has 20 heavy (non-hydrogen) atoms. The third-order valence-corrected chi connectivity index (χ3v) is 3.78. The molecule has 2 N–H and O–H groups in total. The van der Waals surface area contributed by atoms with E-state index in [9.17, 15) is 4.79 Å². The van der Waals surface area contributed by atoms with Crippen molar-refractivity contribution in [2.45, 2.75) is 37.8 Å². The molecule has 110 valence electrons. The quantitative estimate of drug-likeness (QED) is 0.858. The third kappa shape index (κ3) is 4.32. The SMILES string of the molecule is CN(CC1CCCO1)C(=O)[C@@H](N)CCc1ccccc1. The minimum absolute atomic E-state index is 0.0106. The van der Waals surface area contributed by atoms with Gasteiger partial charge in [-0.25, -0.2) is 0 Å². The van der Waals surface area contributed by atoms with Crippen LogP contribution in [-0.4, -0.2) is 43.2 Å². The summed E-state index contributed by atoms with van der Waals surface area (Å²) in [4.78, 5) is 13.9. The Morgan fingerprint density at radius 2 is 2.20 bits per heavy atom. The summed E-state index contributed by atoms with van der Waals surface area (Å²) in [6.45, 7) is 1.46. The zero-order valence-electron chi connectivity index (χ0n) is 12.1. The van der Waals surface area contributed by atoms with Gasteiger partial charge in [0, 0.05) is 20.2 Å². The van der Waals surface area contributed by atoms with Crippen molar-refractivity contribution in [3.05, 3.63) is 35.9 Å². The lowest BCUT2D eigenvalue weighted by atomic mass is 10.0. The first-order valence-electron chi connectivity index (χ1n) is 7.33. The number of nitrogens with zero attached hydrogens (tertiary/aromatic N) is 1. The van der Waals surface area contributed by atoms with E-state index in [1.807, 2.05) is 25.2 Å². The summed E-state index contributed by atoms with van der Waals surface area (Å²) in [7, 11) is 1.81. The van der Waals surface area contributed by atoms with Gasteiger partial charge in [-0.2, -0.15) is 0 Å². The first-order valence-corrected chi connectivity index (χ1v) is 7.33. The van der Waals surface area contributed by atoms with Crippen LogP contribution in [0.15, 0.2) is 30.3 Å². The lowest BCUT2D eigenvalue weighted by Gasteiger charge is -2.24. The molecule has 0 bridgehead atoms. The summed E-state index contributed by atoms with van der Waals surface area (Å²) in [5.74, 6) is 0.0106. The summed E-state index contributed by atoms with van der Waals surface area (Å²) >= 11 is 0. The molecule has 1 heterocycles. The predicted molar refractivity (Wildman–Crippen MR) is 79.3 cm³/mol. The summed E-state index contributed by atoms with van der Waals surface area (Å²) in [5.41, 5.74) is 7.23. The van der Waals surface area contributed by atoms with Crippen LogP contribution in [0.1, 0.15) is 24.8 Å². The molecule has 1 saturated heterocycles. The minimum atomic E-state index is -0.429. The number of benzene rings is 1. The van der Waals surface area contributed by atoms with Crippen LogP contribution >= 0.6 is 0 Å². The number of hydrogen-bond donors (Lipinski definition) is 1. The van der Waals surface area contributed by atoms with E-state index in [2.05, 4.69) is 12.1 Å². The molecule has 1 aliphatic heterocycles. The second kappa shape index (κ2) is 7.41. The van der Waals surface area contributed by atoms with Gasteiger partial charge in [-0.3, -0.25) is 4.79 Å². The van der Waals surface area contributed by atoms with Crippen LogP contribution in [-0.2, 0) is 16.0 Å². The fourth-order valence-electron chi connectivity index (χ4n) is 2.56. The van der Waals surface area contributed by atoms with Gasteiger partial charge in [-0.05, 0) is 31.2 Å². The Morgan fingerprint density at radius 3 is 2.85 bits per heavy atom. The summed E-state index contributed by atoms with van der Waals surface area (Å²) < 4.78 is 5.55. The molecule has 2 rings (SSSR count). The highest BCUT2D eigenvalue weighted by molar-refractivity contribution is 5.81. The zero-order chi connectivity index (χ0) is 14.4. The van der Waals surface area contributed by atoms with Crippen molar-refractivity contribution < 1.29 is 9.53 Å². The molecule has 1 fully saturated rings. The van der Waals surface area contributed by atoms with E-state index in [0.717, 1.165) is 25.9 Å². The molecule has 0 aromatic heterocycles. The smallest absolute Gasteiger partial charge is 0.239 e. The minimum Gasteiger partial charge on any atom is -0.376 e. The van der Waals surface area contributed by atoms with E-state index in [0.29, 0.717) is 13.0 Å². The van der Waals surface area contributed by atoms with Crippen LogP contribution in [0.2, 0.25) is 0 Å². The maximum atomic E-state index is 12.2. The van der Waals surface area contributed by atoms with Gasteiger partial charge in [-0.1, -0.05) is 30.3 Å². The average molecular weight is 276 g/mol. The molecule has 0 spiro atoms. The molecule has 1 unspecified atom stereocenters. The number of aryl methyl sites for hydroxylation is 1. The lowest BCUT2D eigenvalue weighted by molar-refractivity contribution is -0.132. The Morgan fingerprint density at radius 1 is 1.45 bits per heavy atom. The highest BCUT2D eigenvalue weighted by atomic mass is 16.5. The summed E-state index contributed by atoms with van der Waals surface area (Å²) in [6.07, 6.45) is 3.83. The van der Waals surface area contributed by atoms with E-state index in [-0.39, 0.29) is 12.0 Å². The molecule has 1 aromatic rings. The normalized spacial score (nSPS) is 19.8. The molecule has 4 heteroatoms. The number of amides is 1. The van der Waals surface area contributed by atoms with Crippen molar-refractivity contribution >= 4 is 5.91 Å². The maximum Gasteiger partial charge on any atom is 0.239 e. The largest absolute Gasteiger partial charge is 0.376 e. The Balaban J connectivity index is 1.75. The second-order valence-corrected chi connectivity index (χ2v) is 5.48. The molecular formula is C16H24N2O2. The van der Waals surface area contributed by atoms with Gasteiger partial charge >= 0.3 is 0 Å². The monoisotopic (exact) mass is 276 g/mol. The standard InChI is InChI=1S/C16H24N2O2/c1-18(12-14-8-5-11-20-14)16(19)15(17)10-9-13-6-3-2-4-7-13/h2-4,6-7,14-15H,5,8-12,17H2,1H3/t14?,15-/m0/s1. The molecule has 0 aliphatic carbocycles. The number of ether oxygens (including phenoxy) is 1. The van der Waals surface area contributed by atoms with Gasteiger partial charge < -0.3 is 15.4 Å². The van der Waals surface area contributed by atoms with Crippen LogP contribution in [0.5, 0.6) is 0 Å². The number of hydrogen-bond acceptors (Lipinski definition) is 3. The Kier molecular flexibility index (Phi) is 5.56. The van der Waals surface area contributed by atoms with Gasteiger partial charge in [-0.15, -0.1) is 0 Å². The highest BCUT2D eigenvalue weighted by Crippen LogP contribution is 2.13. The number of carbonyl (C=O) groups excluding carboxylic acids is 1. The lowest BCUT2D eigenvalue weighted by Crippen LogP contribution is -2.44. The molecule has 4 nitrogen and oxygen atoms in total. The first-order chi connectivity index (χ1) is 9.66. The van der Waals surface area contributed by atoms with Crippen molar-refractivity contribution in [2.24, 2.45) is 5.73 Å². The van der Waals surface area contributed by atoms with Crippen LogP contribution < -0.4 is 5.73 Å². The van der Waals surface area contributed by atoms with Crippen LogP contribution in [0, 0.1) is 0 Å². The molecule has 1 aromatic carbocycles. The van der Waals surface area contributed by atoms with Gasteiger partial charge in [0.25, 0.3) is 0 Å². The van der Waals surface area contributed by atoms with Gasteiger partial charge in [0.05, 0.1) is 12.1 Å². The average Bonchev–Trinajstić information content (AvgIpc) is 2.98. The molecule has 0 radical (unpaired) electrons. The van der Waals surface area contributed by atoms with E-state index in [4.69, 9.17) is 10.5 Å². The van der Waals surface area contributed by atoms with Crippen LogP contribution in [0.3, 0.4) is 0 Å². The maximum absolute atomic E-state index is 12.2. The topological polar surface area (TPSA) is 55.6 Å². The Labute approximate surface area is 120 Å². The number of nitrogens with two attached hydrogens (primary N) is 1. The van der Waals surface area contributed by atoms with Crippen molar-refractivity contribution in [1.82, 2.24) is 4.90 Å². The van der Waals surface area contributed by atoms with Crippen molar-refractivity contribution in [1.29, 1.82) is 0 Å². The van der Waals surface area contributed by atoms with Crippen LogP contribution in [0.25, 0.3) is 0 Å². The first kappa shape index (κ1) is 15.0. The summed E-state index contributed by atoms with van der Waals surface area (Å²) in [6, 6.07) is 9.70. The van der Waals surface area contributed by atoms with E-state index >= 15 is 0 Å². The molecule has 0 saturated carbocycles. The predicted octanol–water partition coefficient (Wildman–Crippen LogP) is 1.58. The van der Waals surface area contributed by atoms with Gasteiger partial charge in [0.1, 0.15) is 0 Å². The second-order valence-electron chi connectivity index (χ2n) is 5.48. The summed E-state index contributed by atoms with van der Waals surface area (Å²) in [5, 5.41) is 0. The van der Waals surface area contributed by atoms with Crippen molar-refractivity contribution in [3.8, 4) is 0 Å². The number of carbonyl (C=O) groups is 1. The molecule has 1 aliphatic rings. The molecule has 2 atom stereocenters. The van der Waals surface area contributed by atoms with Crippen molar-refractivity contribution in [3.63, 3.8) is 0 Å². The van der Waals surface area contributed by atoms with Gasteiger partial charge in [0.2, 0.25) is 5.91 Å². The fraction of sp³-hybridized carbons (Fsp3) is 0.562. The van der Waals surface area contributed by atoms with E-state index in [1.165, 1.54) is 5.56 Å². The van der Waals surface area contributed by atoms with Gasteiger partial charge in [0.15, 0.2) is 0 Å². The van der Waals surface area contributed by atoms with Crippen LogP contribution in [0.4, 0.5) is 0 Å². The molecular weight excluding hydrogens is 252 g/mol. The third-order valence-electron chi connectivity index (χ3n) is 3.78. The zero-order valence-corrected chi connectivity index (χ0v) is 12.1. The Bertz CT molecular complexity index is 416. The van der Waals surface area contributed by atoms with E-state index in [1.54, 1.807) is 4.90 Å². The molecule has 1 amide bonds.